The van der Waals surface area contributed by atoms with E-state index in [9.17, 15) is 13.2 Å². The fourth-order valence-electron chi connectivity index (χ4n) is 2.50. The molecule has 0 fully saturated rings. The predicted molar refractivity (Wildman–Crippen MR) is 103 cm³/mol. The van der Waals surface area contributed by atoms with Crippen LogP contribution in [-0.2, 0) is 16.7 Å². The van der Waals surface area contributed by atoms with Gasteiger partial charge in [-0.05, 0) is 49.2 Å². The van der Waals surface area contributed by atoms with Crippen LogP contribution in [0.15, 0.2) is 48.5 Å². The lowest BCUT2D eigenvalue weighted by molar-refractivity contribution is 0.0671. The average Bonchev–Trinajstić information content (AvgIpc) is 2.57. The zero-order chi connectivity index (χ0) is 19.3. The van der Waals surface area contributed by atoms with Crippen LogP contribution in [0.5, 0.6) is 5.75 Å². The Hall–Kier alpha value is -2.05. The van der Waals surface area contributed by atoms with Crippen molar-refractivity contribution in [2.45, 2.75) is 32.9 Å². The second kappa shape index (κ2) is 8.56. The number of hydrogen-bond donors (Lipinski definition) is 0. The summed E-state index contributed by atoms with van der Waals surface area (Å²) in [6.45, 7) is 4.31. The van der Waals surface area contributed by atoms with E-state index in [-0.39, 0.29) is 17.7 Å². The largest absolute Gasteiger partial charge is 0.383 e. The Morgan fingerprint density at radius 2 is 1.88 bits per heavy atom. The van der Waals surface area contributed by atoms with Gasteiger partial charge < -0.3 is 9.08 Å². The van der Waals surface area contributed by atoms with Crippen molar-refractivity contribution >= 4 is 27.6 Å². The fraction of sp³-hybridized carbons (Fsp3) is 0.316. The van der Waals surface area contributed by atoms with E-state index in [1.807, 2.05) is 19.9 Å². The van der Waals surface area contributed by atoms with Gasteiger partial charge in [0.25, 0.3) is 5.91 Å². The molecule has 1 unspecified atom stereocenters. The topological polar surface area (TPSA) is 63.7 Å². The van der Waals surface area contributed by atoms with Gasteiger partial charge in [-0.3, -0.25) is 4.79 Å². The second-order valence-electron chi connectivity index (χ2n) is 6.14. The highest BCUT2D eigenvalue weighted by atomic mass is 35.5. The summed E-state index contributed by atoms with van der Waals surface area (Å²) < 4.78 is 27.6. The van der Waals surface area contributed by atoms with Gasteiger partial charge in [-0.2, -0.15) is 8.42 Å². The van der Waals surface area contributed by atoms with E-state index in [1.165, 1.54) is 0 Å². The maximum Gasteiger partial charge on any atom is 0.306 e. The van der Waals surface area contributed by atoms with Gasteiger partial charge in [-0.25, -0.2) is 0 Å². The predicted octanol–water partition coefficient (Wildman–Crippen LogP) is 4.12. The molecular formula is C19H22ClNO4S. The molecule has 0 saturated heterocycles. The highest BCUT2D eigenvalue weighted by molar-refractivity contribution is 7.86. The number of carbonyl (C=O) groups is 1. The molecule has 140 valence electrons. The van der Waals surface area contributed by atoms with Crippen LogP contribution < -0.4 is 4.18 Å². The van der Waals surface area contributed by atoms with Crippen LogP contribution in [0.4, 0.5) is 0 Å². The van der Waals surface area contributed by atoms with E-state index in [0.717, 1.165) is 18.2 Å². The summed E-state index contributed by atoms with van der Waals surface area (Å²) in [6, 6.07) is 13.6. The molecule has 0 aliphatic carbocycles. The summed E-state index contributed by atoms with van der Waals surface area (Å²) in [6.07, 6.45) is 1.78. The van der Waals surface area contributed by atoms with Crippen molar-refractivity contribution in [1.29, 1.82) is 0 Å². The highest BCUT2D eigenvalue weighted by Gasteiger charge is 2.21. The van der Waals surface area contributed by atoms with Crippen molar-refractivity contribution in [3.63, 3.8) is 0 Å². The maximum atomic E-state index is 13.0. The minimum atomic E-state index is -3.60. The summed E-state index contributed by atoms with van der Waals surface area (Å²) in [4.78, 5) is 14.7. The minimum absolute atomic E-state index is 0.000893. The van der Waals surface area contributed by atoms with Crippen LogP contribution in [0.1, 0.15) is 36.2 Å². The highest BCUT2D eigenvalue weighted by Crippen LogP contribution is 2.21. The summed E-state index contributed by atoms with van der Waals surface area (Å²) in [5.74, 6) is 0.0978. The summed E-state index contributed by atoms with van der Waals surface area (Å²) in [5.41, 5.74) is 1.29. The number of benzene rings is 2. The Morgan fingerprint density at radius 3 is 2.50 bits per heavy atom. The first-order chi connectivity index (χ1) is 12.2. The van der Waals surface area contributed by atoms with Crippen LogP contribution >= 0.6 is 11.6 Å². The number of hydrogen-bond acceptors (Lipinski definition) is 4. The molecular weight excluding hydrogens is 374 g/mol. The van der Waals surface area contributed by atoms with Crippen LogP contribution in [0.2, 0.25) is 5.02 Å². The molecule has 0 radical (unpaired) electrons. The smallest absolute Gasteiger partial charge is 0.306 e. The zero-order valence-corrected chi connectivity index (χ0v) is 16.5. The molecule has 1 amide bonds. The molecule has 2 rings (SSSR count). The van der Waals surface area contributed by atoms with Gasteiger partial charge in [0, 0.05) is 23.2 Å². The number of amides is 1. The molecule has 2 aromatic rings. The van der Waals surface area contributed by atoms with Gasteiger partial charge >= 0.3 is 10.1 Å². The van der Waals surface area contributed by atoms with E-state index in [4.69, 9.17) is 15.8 Å². The molecule has 0 aliphatic rings. The Kier molecular flexibility index (Phi) is 6.67. The van der Waals surface area contributed by atoms with Gasteiger partial charge in [0.2, 0.25) is 0 Å². The quantitative estimate of drug-likeness (QED) is 0.661. The van der Waals surface area contributed by atoms with E-state index in [0.29, 0.717) is 17.1 Å². The first-order valence-corrected chi connectivity index (χ1v) is 10.4. The second-order valence-corrected chi connectivity index (χ2v) is 8.15. The lowest BCUT2D eigenvalue weighted by Gasteiger charge is -2.29. The van der Waals surface area contributed by atoms with E-state index in [1.54, 1.807) is 47.4 Å². The fourth-order valence-corrected chi connectivity index (χ4v) is 3.15. The number of carbonyl (C=O) groups excluding carboxylic acids is 1. The Bertz CT molecular complexity index is 883. The van der Waals surface area contributed by atoms with Crippen LogP contribution in [-0.4, -0.2) is 31.5 Å². The molecule has 7 heteroatoms. The molecule has 0 saturated carbocycles. The van der Waals surface area contributed by atoms with E-state index in [2.05, 4.69) is 0 Å². The molecule has 1 atom stereocenters. The van der Waals surface area contributed by atoms with E-state index < -0.39 is 10.1 Å². The first kappa shape index (κ1) is 20.3. The molecule has 2 aromatic carbocycles. The summed E-state index contributed by atoms with van der Waals surface area (Å²) >= 11 is 6.01. The third-order valence-corrected chi connectivity index (χ3v) is 4.68. The third kappa shape index (κ3) is 5.75. The van der Waals surface area contributed by atoms with Crippen LogP contribution in [0.3, 0.4) is 0 Å². The molecule has 26 heavy (non-hydrogen) atoms. The normalized spacial score (nSPS) is 12.5. The van der Waals surface area contributed by atoms with Gasteiger partial charge in [-0.1, -0.05) is 36.7 Å². The first-order valence-electron chi connectivity index (χ1n) is 8.24. The lowest BCUT2D eigenvalue weighted by Crippen LogP contribution is -2.37. The number of halogens is 1. The van der Waals surface area contributed by atoms with Crippen molar-refractivity contribution in [3.8, 4) is 5.75 Å². The third-order valence-electron chi connectivity index (χ3n) is 3.95. The van der Waals surface area contributed by atoms with Crippen molar-refractivity contribution in [3.05, 3.63) is 64.7 Å². The summed E-state index contributed by atoms with van der Waals surface area (Å²) in [7, 11) is -3.60. The SMILES string of the molecule is CCC(C)N(Cc1cccc(OS(C)(=O)=O)c1)C(=O)c1cccc(Cl)c1. The molecule has 0 heterocycles. The number of rotatable bonds is 7. The molecule has 0 N–H and O–H groups in total. The van der Waals surface area contributed by atoms with Crippen LogP contribution in [0, 0.1) is 0 Å². The standard InChI is InChI=1S/C19H22ClNO4S/c1-4-14(2)21(19(22)16-8-6-9-17(20)12-16)13-15-7-5-10-18(11-15)25-26(3,23)24/h5-12,14H,4,13H2,1-3H3. The van der Waals surface area contributed by atoms with Crippen molar-refractivity contribution in [1.82, 2.24) is 4.90 Å². The maximum absolute atomic E-state index is 13.0. The molecule has 0 aromatic heterocycles. The Labute approximate surface area is 159 Å². The van der Waals surface area contributed by atoms with Crippen molar-refractivity contribution < 1.29 is 17.4 Å². The van der Waals surface area contributed by atoms with Crippen LogP contribution in [0.25, 0.3) is 0 Å². The van der Waals surface area contributed by atoms with Gasteiger partial charge in [0.1, 0.15) is 5.75 Å². The summed E-state index contributed by atoms with van der Waals surface area (Å²) in [5, 5.41) is 0.503. The molecule has 0 aliphatic heterocycles. The van der Waals surface area contributed by atoms with Crippen molar-refractivity contribution in [2.24, 2.45) is 0 Å². The Balaban J connectivity index is 2.28. The van der Waals surface area contributed by atoms with E-state index >= 15 is 0 Å². The van der Waals surface area contributed by atoms with Crippen molar-refractivity contribution in [2.75, 3.05) is 6.26 Å². The zero-order valence-electron chi connectivity index (χ0n) is 15.0. The number of nitrogens with zero attached hydrogens (tertiary/aromatic N) is 1. The average molecular weight is 396 g/mol. The van der Waals surface area contributed by atoms with Gasteiger partial charge in [0.05, 0.1) is 6.26 Å². The monoisotopic (exact) mass is 395 g/mol. The van der Waals surface area contributed by atoms with Gasteiger partial charge in [-0.15, -0.1) is 0 Å². The van der Waals surface area contributed by atoms with Gasteiger partial charge in [0.15, 0.2) is 0 Å². The Morgan fingerprint density at radius 1 is 1.19 bits per heavy atom. The minimum Gasteiger partial charge on any atom is -0.383 e. The lowest BCUT2D eigenvalue weighted by atomic mass is 10.1. The molecule has 5 nitrogen and oxygen atoms in total. The molecule has 0 bridgehead atoms. The molecule has 0 spiro atoms.